The quantitative estimate of drug-likeness (QED) is 0.566. The molecular weight excluding hydrogens is 438 g/mol. The predicted molar refractivity (Wildman–Crippen MR) is 132 cm³/mol. The molecule has 8 heteroatoms. The molecular formula is C25H33N3O4S. The largest absolute Gasteiger partial charge is 0.497 e. The lowest BCUT2D eigenvalue weighted by Gasteiger charge is -2.33. The first-order valence-electron chi connectivity index (χ1n) is 11.3. The van der Waals surface area contributed by atoms with Crippen molar-refractivity contribution in [1.82, 2.24) is 9.62 Å². The van der Waals surface area contributed by atoms with Crippen molar-refractivity contribution in [3.05, 3.63) is 60.2 Å². The molecule has 2 aromatic rings. The molecule has 1 fully saturated rings. The number of amides is 1. The molecule has 2 aromatic carbocycles. The van der Waals surface area contributed by atoms with Crippen LogP contribution in [0.4, 0.5) is 5.69 Å². The van der Waals surface area contributed by atoms with E-state index in [1.54, 1.807) is 37.5 Å². The summed E-state index contributed by atoms with van der Waals surface area (Å²) in [6.07, 6.45) is 4.96. The minimum atomic E-state index is -3.48. The minimum Gasteiger partial charge on any atom is -0.497 e. The Morgan fingerprint density at radius 2 is 1.67 bits per heavy atom. The van der Waals surface area contributed by atoms with Crippen LogP contribution in [-0.4, -0.2) is 58.0 Å². The van der Waals surface area contributed by atoms with Gasteiger partial charge in [0.05, 0.1) is 12.0 Å². The van der Waals surface area contributed by atoms with Gasteiger partial charge in [0.1, 0.15) is 5.75 Å². The van der Waals surface area contributed by atoms with E-state index in [0.717, 1.165) is 42.9 Å². The monoisotopic (exact) mass is 471 g/mol. The van der Waals surface area contributed by atoms with Crippen LogP contribution >= 0.6 is 0 Å². The second-order valence-electron chi connectivity index (χ2n) is 7.96. The van der Waals surface area contributed by atoms with Gasteiger partial charge in [-0.1, -0.05) is 26.0 Å². The number of hydrogen-bond acceptors (Lipinski definition) is 5. The van der Waals surface area contributed by atoms with Crippen molar-refractivity contribution < 1.29 is 17.9 Å². The summed E-state index contributed by atoms with van der Waals surface area (Å²) in [6, 6.07) is 14.8. The molecule has 0 bridgehead atoms. The second-order valence-corrected chi connectivity index (χ2v) is 9.90. The third-order valence-electron chi connectivity index (χ3n) is 5.93. The maximum Gasteiger partial charge on any atom is 0.244 e. The number of benzene rings is 2. The van der Waals surface area contributed by atoms with Crippen LogP contribution in [0, 0.1) is 0 Å². The minimum absolute atomic E-state index is 0.137. The lowest BCUT2D eigenvalue weighted by Crippen LogP contribution is -2.44. The van der Waals surface area contributed by atoms with Gasteiger partial charge in [-0.3, -0.25) is 4.79 Å². The summed E-state index contributed by atoms with van der Waals surface area (Å²) in [5.74, 6) is 0.700. The molecule has 1 N–H and O–H groups in total. The van der Waals surface area contributed by atoms with Crippen LogP contribution in [0.2, 0.25) is 0 Å². The normalized spacial score (nSPS) is 15.2. The SMILES string of the molecule is CCN(CC)S(=O)(=O)c1ccc(/C=C/C(=O)NC2CCN(c3ccc(OC)cc3)CC2)cc1. The van der Waals surface area contributed by atoms with Gasteiger partial charge in [0, 0.05) is 44.0 Å². The van der Waals surface area contributed by atoms with Crippen molar-refractivity contribution in [2.24, 2.45) is 0 Å². The van der Waals surface area contributed by atoms with Gasteiger partial charge in [0.2, 0.25) is 15.9 Å². The van der Waals surface area contributed by atoms with Gasteiger partial charge in [0.25, 0.3) is 0 Å². The van der Waals surface area contributed by atoms with E-state index in [2.05, 4.69) is 22.3 Å². The lowest BCUT2D eigenvalue weighted by molar-refractivity contribution is -0.117. The van der Waals surface area contributed by atoms with Gasteiger partial charge >= 0.3 is 0 Å². The van der Waals surface area contributed by atoms with Crippen LogP contribution in [-0.2, 0) is 14.8 Å². The van der Waals surface area contributed by atoms with Crippen LogP contribution in [0.1, 0.15) is 32.3 Å². The maximum absolute atomic E-state index is 12.6. The number of methoxy groups -OCH3 is 1. The highest BCUT2D eigenvalue weighted by Crippen LogP contribution is 2.23. The summed E-state index contributed by atoms with van der Waals surface area (Å²) in [7, 11) is -1.82. The zero-order chi connectivity index (χ0) is 23.8. The molecule has 0 unspecified atom stereocenters. The molecule has 1 heterocycles. The summed E-state index contributed by atoms with van der Waals surface area (Å²) >= 11 is 0. The number of piperidine rings is 1. The van der Waals surface area contributed by atoms with Crippen molar-refractivity contribution >= 4 is 27.7 Å². The topological polar surface area (TPSA) is 79.0 Å². The Kier molecular flexibility index (Phi) is 8.52. The Bertz CT molecular complexity index is 1040. The van der Waals surface area contributed by atoms with Gasteiger partial charge in [0.15, 0.2) is 0 Å². The van der Waals surface area contributed by atoms with Crippen LogP contribution in [0.3, 0.4) is 0 Å². The number of nitrogens with zero attached hydrogens (tertiary/aromatic N) is 2. The van der Waals surface area contributed by atoms with Crippen molar-refractivity contribution in [3.63, 3.8) is 0 Å². The van der Waals surface area contributed by atoms with Crippen LogP contribution < -0.4 is 15.0 Å². The smallest absolute Gasteiger partial charge is 0.244 e. The fourth-order valence-electron chi connectivity index (χ4n) is 3.96. The molecule has 0 spiro atoms. The van der Waals surface area contributed by atoms with Gasteiger partial charge in [-0.15, -0.1) is 0 Å². The molecule has 1 amide bonds. The Morgan fingerprint density at radius 3 is 2.21 bits per heavy atom. The molecule has 0 atom stereocenters. The van der Waals surface area contributed by atoms with Gasteiger partial charge in [-0.05, 0) is 60.9 Å². The fourth-order valence-corrected chi connectivity index (χ4v) is 5.42. The van der Waals surface area contributed by atoms with E-state index in [1.165, 1.54) is 10.4 Å². The number of nitrogens with one attached hydrogen (secondary N) is 1. The van der Waals surface area contributed by atoms with E-state index >= 15 is 0 Å². The predicted octanol–water partition coefficient (Wildman–Crippen LogP) is 3.52. The number of ether oxygens (including phenoxy) is 1. The molecule has 1 aliphatic rings. The Hall–Kier alpha value is -2.84. The third kappa shape index (κ3) is 6.36. The summed E-state index contributed by atoms with van der Waals surface area (Å²) in [5.41, 5.74) is 1.94. The van der Waals surface area contributed by atoms with Crippen LogP contribution in [0.25, 0.3) is 6.08 Å². The Balaban J connectivity index is 1.50. The Labute approximate surface area is 197 Å². The van der Waals surface area contributed by atoms with Gasteiger partial charge < -0.3 is 15.0 Å². The molecule has 0 aromatic heterocycles. The maximum atomic E-state index is 12.6. The molecule has 0 saturated carbocycles. The standard InChI is InChI=1S/C25H33N3O4S/c1-4-28(5-2)33(30,31)24-13-6-20(7-14-24)8-15-25(29)26-21-16-18-27(19-17-21)22-9-11-23(32-3)12-10-22/h6-15,21H,4-5,16-19H2,1-3H3,(H,26,29)/b15-8+. The zero-order valence-corrected chi connectivity index (χ0v) is 20.3. The molecule has 1 saturated heterocycles. The van der Waals surface area contributed by atoms with Crippen molar-refractivity contribution in [1.29, 1.82) is 0 Å². The average molecular weight is 472 g/mol. The number of hydrogen-bond donors (Lipinski definition) is 1. The van der Waals surface area contributed by atoms with Crippen molar-refractivity contribution in [2.75, 3.05) is 38.2 Å². The fraction of sp³-hybridized carbons (Fsp3) is 0.400. The summed E-state index contributed by atoms with van der Waals surface area (Å²) < 4.78 is 31.8. The average Bonchev–Trinajstić information content (AvgIpc) is 2.84. The zero-order valence-electron chi connectivity index (χ0n) is 19.5. The first-order valence-corrected chi connectivity index (χ1v) is 12.8. The molecule has 178 valence electrons. The second kappa shape index (κ2) is 11.3. The van der Waals surface area contributed by atoms with Crippen molar-refractivity contribution in [2.45, 2.75) is 37.6 Å². The highest BCUT2D eigenvalue weighted by atomic mass is 32.2. The lowest BCUT2D eigenvalue weighted by atomic mass is 10.0. The number of rotatable bonds is 9. The highest BCUT2D eigenvalue weighted by molar-refractivity contribution is 7.89. The van der Waals surface area contributed by atoms with E-state index in [0.29, 0.717) is 13.1 Å². The Morgan fingerprint density at radius 1 is 1.06 bits per heavy atom. The number of anilines is 1. The summed E-state index contributed by atoms with van der Waals surface area (Å²) in [6.45, 7) is 6.26. The molecule has 33 heavy (non-hydrogen) atoms. The first kappa shape index (κ1) is 24.8. The van der Waals surface area contributed by atoms with E-state index in [4.69, 9.17) is 4.74 Å². The van der Waals surface area contributed by atoms with E-state index in [1.807, 2.05) is 26.0 Å². The summed E-state index contributed by atoms with van der Waals surface area (Å²) in [4.78, 5) is 14.9. The molecule has 3 rings (SSSR count). The molecule has 0 radical (unpaired) electrons. The first-order chi connectivity index (χ1) is 15.9. The van der Waals surface area contributed by atoms with Crippen molar-refractivity contribution in [3.8, 4) is 5.75 Å². The molecule has 7 nitrogen and oxygen atoms in total. The number of carbonyl (C=O) groups excluding carboxylic acids is 1. The number of sulfonamides is 1. The van der Waals surface area contributed by atoms with E-state index < -0.39 is 10.0 Å². The van der Waals surface area contributed by atoms with Crippen LogP contribution in [0.5, 0.6) is 5.75 Å². The third-order valence-corrected chi connectivity index (χ3v) is 7.99. The van der Waals surface area contributed by atoms with Gasteiger partial charge in [-0.25, -0.2) is 8.42 Å². The van der Waals surface area contributed by atoms with Gasteiger partial charge in [-0.2, -0.15) is 4.31 Å². The molecule has 0 aliphatic carbocycles. The highest BCUT2D eigenvalue weighted by Gasteiger charge is 2.22. The van der Waals surface area contributed by atoms with E-state index in [9.17, 15) is 13.2 Å². The number of carbonyl (C=O) groups is 1. The molecule has 1 aliphatic heterocycles. The van der Waals surface area contributed by atoms with Crippen LogP contribution in [0.15, 0.2) is 59.5 Å². The summed E-state index contributed by atoms with van der Waals surface area (Å²) in [5, 5.41) is 3.07. The van der Waals surface area contributed by atoms with E-state index in [-0.39, 0.29) is 16.8 Å².